The van der Waals surface area contributed by atoms with Gasteiger partial charge in [0, 0.05) is 8.80 Å². The minimum Gasteiger partial charge on any atom is -0.206 e. The summed E-state index contributed by atoms with van der Waals surface area (Å²) in [6.45, 7) is 2.41. The van der Waals surface area contributed by atoms with E-state index in [0.717, 1.165) is 17.4 Å². The van der Waals surface area contributed by atoms with Crippen molar-refractivity contribution in [1.82, 2.24) is 0 Å². The zero-order valence-corrected chi connectivity index (χ0v) is 18.2. The van der Waals surface area contributed by atoms with Crippen molar-refractivity contribution in [3.05, 3.63) is 35.1 Å². The third-order valence-electron chi connectivity index (χ3n) is 7.45. The molecule has 3 rings (SSSR count). The molecule has 1 aromatic carbocycles. The molecule has 1 aliphatic heterocycles. The van der Waals surface area contributed by atoms with Crippen LogP contribution in [0, 0.1) is 29.0 Å². The van der Waals surface area contributed by atoms with Gasteiger partial charge in [-0.25, -0.2) is 4.39 Å². The molecule has 1 saturated heterocycles. The molecular formula is C24H36FNSi. The lowest BCUT2D eigenvalue weighted by Crippen LogP contribution is -2.20. The molecule has 3 heteroatoms. The van der Waals surface area contributed by atoms with Gasteiger partial charge in [0.2, 0.25) is 0 Å². The highest BCUT2D eigenvalue weighted by Crippen LogP contribution is 2.38. The van der Waals surface area contributed by atoms with Crippen LogP contribution in [0.3, 0.4) is 0 Å². The highest BCUT2D eigenvalue weighted by atomic mass is 28.3. The average molecular weight is 386 g/mol. The number of nitriles is 1. The van der Waals surface area contributed by atoms with Gasteiger partial charge in [-0.3, -0.25) is 0 Å². The summed E-state index contributed by atoms with van der Waals surface area (Å²) < 4.78 is 13.9. The Balaban J connectivity index is 1.32. The van der Waals surface area contributed by atoms with Crippen molar-refractivity contribution in [3.63, 3.8) is 0 Å². The fraction of sp³-hybridized carbons (Fsp3) is 0.708. The fourth-order valence-electron chi connectivity index (χ4n) is 5.45. The molecule has 0 unspecified atom stereocenters. The lowest BCUT2D eigenvalue weighted by atomic mass is 9.77. The molecule has 148 valence electrons. The monoisotopic (exact) mass is 385 g/mol. The van der Waals surface area contributed by atoms with Crippen molar-refractivity contribution in [2.24, 2.45) is 11.8 Å². The van der Waals surface area contributed by atoms with E-state index in [1.165, 1.54) is 70.3 Å². The molecule has 27 heavy (non-hydrogen) atoms. The van der Waals surface area contributed by atoms with E-state index in [-0.39, 0.29) is 20.2 Å². The summed E-state index contributed by atoms with van der Waals surface area (Å²) in [4.78, 5) is 0. The van der Waals surface area contributed by atoms with Gasteiger partial charge < -0.3 is 0 Å². The van der Waals surface area contributed by atoms with E-state index in [2.05, 4.69) is 6.92 Å². The van der Waals surface area contributed by atoms with Crippen molar-refractivity contribution in [2.75, 3.05) is 0 Å². The van der Waals surface area contributed by atoms with Crippen molar-refractivity contribution >= 4 is 8.80 Å². The molecule has 0 spiro atoms. The first-order valence-corrected chi connectivity index (χ1v) is 13.8. The molecule has 0 bridgehead atoms. The second-order valence-electron chi connectivity index (χ2n) is 9.15. The zero-order chi connectivity index (χ0) is 19.1. The summed E-state index contributed by atoms with van der Waals surface area (Å²) in [5, 5.41) is 8.87. The lowest BCUT2D eigenvalue weighted by Gasteiger charge is -2.29. The van der Waals surface area contributed by atoms with Gasteiger partial charge >= 0.3 is 0 Å². The van der Waals surface area contributed by atoms with Crippen molar-refractivity contribution in [2.45, 2.75) is 95.2 Å². The number of unbranched alkanes of at least 4 members (excludes halogenated alkanes) is 1. The summed E-state index contributed by atoms with van der Waals surface area (Å²) in [6.07, 6.45) is 13.7. The second kappa shape index (κ2) is 10.4. The topological polar surface area (TPSA) is 23.8 Å². The predicted molar refractivity (Wildman–Crippen MR) is 114 cm³/mol. The zero-order valence-electron chi connectivity index (χ0n) is 17.1. The second-order valence-corrected chi connectivity index (χ2v) is 12.9. The number of hydrogen-bond acceptors (Lipinski definition) is 1. The largest absolute Gasteiger partial charge is 0.206 e. The van der Waals surface area contributed by atoms with Crippen LogP contribution in [0.25, 0.3) is 0 Å². The number of halogens is 1. The van der Waals surface area contributed by atoms with Gasteiger partial charge in [0.15, 0.2) is 0 Å². The van der Waals surface area contributed by atoms with Crippen LogP contribution in [0.1, 0.15) is 88.2 Å². The summed E-state index contributed by atoms with van der Waals surface area (Å²) >= 11 is 0. The molecule has 1 saturated carbocycles. The Bertz CT molecular complexity index is 622. The first kappa shape index (κ1) is 20.6. The van der Waals surface area contributed by atoms with E-state index in [1.807, 2.05) is 12.1 Å². The summed E-state index contributed by atoms with van der Waals surface area (Å²) in [5.41, 5.74) is 1.26. The van der Waals surface area contributed by atoms with E-state index in [4.69, 9.17) is 5.26 Å². The Kier molecular flexibility index (Phi) is 7.94. The Morgan fingerprint density at radius 1 is 1.00 bits per heavy atom. The molecule has 2 aliphatic rings. The maximum Gasteiger partial charge on any atom is 0.141 e. The van der Waals surface area contributed by atoms with Crippen LogP contribution in [0.5, 0.6) is 0 Å². The van der Waals surface area contributed by atoms with Crippen LogP contribution in [-0.4, -0.2) is 8.80 Å². The lowest BCUT2D eigenvalue weighted by molar-refractivity contribution is 0.297. The average Bonchev–Trinajstić information content (AvgIpc) is 2.72. The van der Waals surface area contributed by atoms with Crippen LogP contribution in [0.15, 0.2) is 18.2 Å². The molecule has 0 radical (unpaired) electrons. The van der Waals surface area contributed by atoms with Crippen molar-refractivity contribution in [3.8, 4) is 6.07 Å². The molecule has 0 N–H and O–H groups in total. The van der Waals surface area contributed by atoms with Crippen LogP contribution in [-0.2, 0) is 0 Å². The molecule has 0 amide bonds. The van der Waals surface area contributed by atoms with Crippen LogP contribution in [0.2, 0.25) is 18.1 Å². The van der Waals surface area contributed by atoms with E-state index < -0.39 is 0 Å². The standard InChI is InChI=1S/C24H36FNSi/c1-2-27-15-13-20(14-16-27)6-4-3-5-19-7-9-21(10-8-19)22-11-12-23(18-26)24(25)17-22/h11-12,17,19-21,27H,2-10,13-16H2,1H3/t19-,20-,21-,27-. The van der Waals surface area contributed by atoms with Crippen LogP contribution < -0.4 is 0 Å². The SMILES string of the molecule is CC[Si@H]1CC[C@H](CCCC[C@H]2CC[C@H](c3ccc(C#N)c(F)c3)CC2)CC1. The Labute approximate surface area is 167 Å². The molecular weight excluding hydrogens is 349 g/mol. The Morgan fingerprint density at radius 3 is 2.19 bits per heavy atom. The van der Waals surface area contributed by atoms with Crippen molar-refractivity contribution in [1.29, 1.82) is 5.26 Å². The minimum absolute atomic E-state index is 0.165. The summed E-state index contributed by atoms with van der Waals surface area (Å²) in [7, 11) is -0.288. The van der Waals surface area contributed by atoms with Crippen LogP contribution >= 0.6 is 0 Å². The number of rotatable bonds is 7. The molecule has 1 aromatic rings. The molecule has 1 nitrogen and oxygen atoms in total. The van der Waals surface area contributed by atoms with Gasteiger partial charge in [-0.2, -0.15) is 5.26 Å². The van der Waals surface area contributed by atoms with E-state index >= 15 is 0 Å². The normalized spacial score (nSPS) is 28.6. The van der Waals surface area contributed by atoms with Gasteiger partial charge in [0.05, 0.1) is 5.56 Å². The quantitative estimate of drug-likeness (QED) is 0.360. The molecule has 0 aromatic heterocycles. The molecule has 1 aliphatic carbocycles. The first-order chi connectivity index (χ1) is 13.2. The predicted octanol–water partition coefficient (Wildman–Crippen LogP) is 7.19. The third kappa shape index (κ3) is 5.91. The van der Waals surface area contributed by atoms with Gasteiger partial charge in [-0.1, -0.05) is 69.6 Å². The maximum absolute atomic E-state index is 13.9. The van der Waals surface area contributed by atoms with E-state index in [0.29, 0.717) is 5.92 Å². The van der Waals surface area contributed by atoms with E-state index in [9.17, 15) is 4.39 Å². The fourth-order valence-corrected chi connectivity index (χ4v) is 8.45. The molecule has 0 atom stereocenters. The highest BCUT2D eigenvalue weighted by Gasteiger charge is 2.24. The summed E-state index contributed by atoms with van der Waals surface area (Å²) in [5.74, 6) is 2.06. The van der Waals surface area contributed by atoms with Gasteiger partial charge in [-0.05, 0) is 61.1 Å². The Hall–Kier alpha value is -1.14. The molecule has 1 heterocycles. The van der Waals surface area contributed by atoms with Gasteiger partial charge in [0.25, 0.3) is 0 Å². The van der Waals surface area contributed by atoms with E-state index in [1.54, 1.807) is 24.2 Å². The highest BCUT2D eigenvalue weighted by molar-refractivity contribution is 6.58. The number of hydrogen-bond donors (Lipinski definition) is 0. The number of benzene rings is 1. The third-order valence-corrected chi connectivity index (χ3v) is 10.9. The minimum atomic E-state index is -0.354. The van der Waals surface area contributed by atoms with Crippen molar-refractivity contribution < 1.29 is 4.39 Å². The number of nitrogens with zero attached hydrogens (tertiary/aromatic N) is 1. The smallest absolute Gasteiger partial charge is 0.141 e. The maximum atomic E-state index is 13.9. The van der Waals surface area contributed by atoms with Gasteiger partial charge in [-0.15, -0.1) is 0 Å². The van der Waals surface area contributed by atoms with Gasteiger partial charge in [0.1, 0.15) is 11.9 Å². The Morgan fingerprint density at radius 2 is 1.63 bits per heavy atom. The molecule has 2 fully saturated rings. The summed E-state index contributed by atoms with van der Waals surface area (Å²) in [6, 6.07) is 11.9. The van der Waals surface area contributed by atoms with Crippen LogP contribution in [0.4, 0.5) is 4.39 Å². The first-order valence-electron chi connectivity index (χ1n) is 11.4.